The topological polar surface area (TPSA) is 66.4 Å². The number of rotatable bonds is 4. The van der Waals surface area contributed by atoms with Crippen LogP contribution in [-0.2, 0) is 12.0 Å². The summed E-state index contributed by atoms with van der Waals surface area (Å²) in [5, 5.41) is 15.2. The van der Waals surface area contributed by atoms with E-state index in [4.69, 9.17) is 0 Å². The van der Waals surface area contributed by atoms with Crippen molar-refractivity contribution in [2.45, 2.75) is 25.4 Å². The van der Waals surface area contributed by atoms with Crippen molar-refractivity contribution in [1.29, 1.82) is 0 Å². The fraction of sp³-hybridized carbons (Fsp3) is 0.294. The number of carbonyl (C=O) groups excluding carboxylic acids is 2. The van der Waals surface area contributed by atoms with Crippen molar-refractivity contribution in [3.63, 3.8) is 0 Å². The average Bonchev–Trinajstić information content (AvgIpc) is 3.12. The van der Waals surface area contributed by atoms with Crippen LogP contribution in [-0.4, -0.2) is 23.3 Å². The Morgan fingerprint density at radius 1 is 1.36 bits per heavy atom. The molecular formula is C17H17NO3S. The molecule has 1 atom stereocenters. The number of hydrogen-bond acceptors (Lipinski definition) is 4. The molecule has 0 aliphatic heterocycles. The molecule has 0 fully saturated rings. The van der Waals surface area contributed by atoms with Gasteiger partial charge in [0.15, 0.2) is 5.78 Å². The molecule has 0 radical (unpaired) electrons. The maximum atomic E-state index is 12.2. The van der Waals surface area contributed by atoms with Gasteiger partial charge < -0.3 is 10.4 Å². The summed E-state index contributed by atoms with van der Waals surface area (Å²) >= 11 is 1.24. The summed E-state index contributed by atoms with van der Waals surface area (Å²) in [4.78, 5) is 23.9. The van der Waals surface area contributed by atoms with Crippen LogP contribution in [0.3, 0.4) is 0 Å². The quantitative estimate of drug-likeness (QED) is 0.852. The Bertz CT molecular complexity index is 737. The number of carbonyl (C=O) groups is 2. The van der Waals surface area contributed by atoms with E-state index in [1.807, 2.05) is 24.3 Å². The largest absolute Gasteiger partial charge is 0.383 e. The minimum absolute atomic E-state index is 0.0568. The molecule has 1 heterocycles. The molecular weight excluding hydrogens is 298 g/mol. The lowest BCUT2D eigenvalue weighted by atomic mass is 9.96. The summed E-state index contributed by atoms with van der Waals surface area (Å²) in [7, 11) is 0. The van der Waals surface area contributed by atoms with Crippen molar-refractivity contribution in [2.24, 2.45) is 0 Å². The van der Waals surface area contributed by atoms with Crippen LogP contribution in [0.4, 0.5) is 0 Å². The first kappa shape index (κ1) is 14.9. The molecule has 4 nitrogen and oxygen atoms in total. The van der Waals surface area contributed by atoms with Gasteiger partial charge >= 0.3 is 0 Å². The van der Waals surface area contributed by atoms with E-state index in [0.29, 0.717) is 16.9 Å². The average molecular weight is 315 g/mol. The van der Waals surface area contributed by atoms with E-state index in [9.17, 15) is 14.7 Å². The number of aryl methyl sites for hydroxylation is 1. The van der Waals surface area contributed by atoms with Crippen molar-refractivity contribution >= 4 is 23.0 Å². The molecule has 0 saturated heterocycles. The minimum Gasteiger partial charge on any atom is -0.383 e. The first-order valence-electron chi connectivity index (χ1n) is 7.18. The van der Waals surface area contributed by atoms with Gasteiger partial charge in [0.25, 0.3) is 5.91 Å². The first-order valence-corrected chi connectivity index (χ1v) is 8.06. The van der Waals surface area contributed by atoms with Crippen LogP contribution < -0.4 is 5.32 Å². The van der Waals surface area contributed by atoms with E-state index in [1.54, 1.807) is 11.4 Å². The molecule has 1 aromatic heterocycles. The Balaban J connectivity index is 1.70. The third kappa shape index (κ3) is 2.69. The Labute approximate surface area is 132 Å². The number of hydrogen-bond donors (Lipinski definition) is 2. The Morgan fingerprint density at radius 2 is 2.14 bits per heavy atom. The van der Waals surface area contributed by atoms with E-state index in [-0.39, 0.29) is 18.2 Å². The number of thiophene rings is 1. The number of aliphatic hydroxyl groups is 1. The summed E-state index contributed by atoms with van der Waals surface area (Å²) in [6, 6.07) is 9.36. The van der Waals surface area contributed by atoms with Gasteiger partial charge in [0.1, 0.15) is 5.60 Å². The van der Waals surface area contributed by atoms with Crippen molar-refractivity contribution in [3.8, 4) is 0 Å². The molecule has 0 bridgehead atoms. The van der Waals surface area contributed by atoms with Crippen molar-refractivity contribution in [1.82, 2.24) is 5.32 Å². The van der Waals surface area contributed by atoms with E-state index in [2.05, 4.69) is 5.32 Å². The molecule has 2 aromatic rings. The van der Waals surface area contributed by atoms with Crippen molar-refractivity contribution in [3.05, 3.63) is 57.3 Å². The lowest BCUT2D eigenvalue weighted by Gasteiger charge is -2.24. The van der Waals surface area contributed by atoms with Crippen LogP contribution in [0.25, 0.3) is 0 Å². The van der Waals surface area contributed by atoms with E-state index in [1.165, 1.54) is 18.3 Å². The summed E-state index contributed by atoms with van der Waals surface area (Å²) in [5.41, 5.74) is 1.56. The number of Topliss-reactive ketones (excluding diaryl/α,β-unsaturated/α-hetero) is 1. The molecule has 0 spiro atoms. The van der Waals surface area contributed by atoms with Gasteiger partial charge in [-0.2, -0.15) is 0 Å². The van der Waals surface area contributed by atoms with Gasteiger partial charge in [-0.05, 0) is 37.0 Å². The maximum absolute atomic E-state index is 12.2. The first-order chi connectivity index (χ1) is 10.5. The lowest BCUT2D eigenvalue weighted by molar-refractivity contribution is 0.0370. The third-order valence-corrected chi connectivity index (χ3v) is 5.03. The molecule has 5 heteroatoms. The summed E-state index contributed by atoms with van der Waals surface area (Å²) in [5.74, 6) is -0.311. The summed E-state index contributed by atoms with van der Waals surface area (Å²) in [6.45, 7) is 1.65. The minimum atomic E-state index is -1.01. The van der Waals surface area contributed by atoms with Crippen LogP contribution >= 0.6 is 11.3 Å². The summed E-state index contributed by atoms with van der Waals surface area (Å²) < 4.78 is 0. The normalized spacial score (nSPS) is 19.7. The Kier molecular flexibility index (Phi) is 3.85. The monoisotopic (exact) mass is 315 g/mol. The number of ketones is 1. The molecule has 1 aromatic carbocycles. The molecule has 22 heavy (non-hydrogen) atoms. The van der Waals surface area contributed by atoms with Crippen LogP contribution in [0.5, 0.6) is 0 Å². The van der Waals surface area contributed by atoms with Crippen LogP contribution in [0.2, 0.25) is 0 Å². The Morgan fingerprint density at radius 3 is 2.86 bits per heavy atom. The third-order valence-electron chi connectivity index (χ3n) is 4.10. The van der Waals surface area contributed by atoms with Crippen molar-refractivity contribution in [2.75, 3.05) is 6.54 Å². The van der Waals surface area contributed by atoms with Gasteiger partial charge in [0.05, 0.1) is 11.4 Å². The van der Waals surface area contributed by atoms with E-state index >= 15 is 0 Å². The van der Waals surface area contributed by atoms with E-state index in [0.717, 1.165) is 17.5 Å². The molecule has 1 unspecified atom stereocenters. The van der Waals surface area contributed by atoms with Crippen LogP contribution in [0.1, 0.15) is 44.5 Å². The second-order valence-electron chi connectivity index (χ2n) is 5.63. The highest BCUT2D eigenvalue weighted by molar-refractivity contribution is 7.12. The highest BCUT2D eigenvalue weighted by Gasteiger charge is 2.36. The zero-order chi connectivity index (χ0) is 15.7. The maximum Gasteiger partial charge on any atom is 0.261 e. The molecule has 2 N–H and O–H groups in total. The predicted molar refractivity (Wildman–Crippen MR) is 85.3 cm³/mol. The zero-order valence-electron chi connectivity index (χ0n) is 12.3. The fourth-order valence-electron chi connectivity index (χ4n) is 2.81. The molecule has 1 aliphatic carbocycles. The van der Waals surface area contributed by atoms with Crippen molar-refractivity contribution < 1.29 is 14.7 Å². The smallest absolute Gasteiger partial charge is 0.261 e. The predicted octanol–water partition coefficient (Wildman–Crippen LogP) is 2.51. The van der Waals surface area contributed by atoms with Crippen LogP contribution in [0, 0.1) is 0 Å². The Hall–Kier alpha value is -1.98. The molecule has 0 saturated carbocycles. The number of amides is 1. The van der Waals surface area contributed by atoms with Gasteiger partial charge in [0, 0.05) is 10.9 Å². The fourth-order valence-corrected chi connectivity index (χ4v) is 3.67. The lowest BCUT2D eigenvalue weighted by Crippen LogP contribution is -2.39. The molecule has 1 amide bonds. The SMILES string of the molecule is CC(=O)c1csc(C(=O)NCC2(O)CCc3ccccc32)c1. The number of benzene rings is 1. The van der Waals surface area contributed by atoms with Gasteiger partial charge in [-0.3, -0.25) is 9.59 Å². The zero-order valence-corrected chi connectivity index (χ0v) is 13.1. The van der Waals surface area contributed by atoms with Gasteiger partial charge in [0.2, 0.25) is 0 Å². The highest BCUT2D eigenvalue weighted by atomic mass is 32.1. The summed E-state index contributed by atoms with van der Waals surface area (Å²) in [6.07, 6.45) is 1.42. The second kappa shape index (κ2) is 5.66. The number of fused-ring (bicyclic) bond motifs is 1. The number of nitrogens with one attached hydrogen (secondary N) is 1. The molecule has 3 rings (SSSR count). The highest BCUT2D eigenvalue weighted by Crippen LogP contribution is 2.36. The van der Waals surface area contributed by atoms with Gasteiger partial charge in [-0.1, -0.05) is 24.3 Å². The standard InChI is InChI=1S/C17H17NO3S/c1-11(19)13-8-15(22-9-13)16(20)18-10-17(21)7-6-12-4-2-3-5-14(12)17/h2-5,8-9,21H,6-7,10H2,1H3,(H,18,20). The second-order valence-corrected chi connectivity index (χ2v) is 6.54. The molecule has 114 valence electrons. The van der Waals surface area contributed by atoms with Gasteiger partial charge in [-0.25, -0.2) is 0 Å². The van der Waals surface area contributed by atoms with Crippen LogP contribution in [0.15, 0.2) is 35.7 Å². The molecule has 1 aliphatic rings. The van der Waals surface area contributed by atoms with E-state index < -0.39 is 5.60 Å². The van der Waals surface area contributed by atoms with Gasteiger partial charge in [-0.15, -0.1) is 11.3 Å².